The molecular formula is C31H40ClN3O5S. The Morgan fingerprint density at radius 1 is 1.07 bits per heavy atom. The molecular weight excluding hydrogens is 562 g/mol. The summed E-state index contributed by atoms with van der Waals surface area (Å²) in [7, 11) is -4.23. The number of halogens is 1. The van der Waals surface area contributed by atoms with Gasteiger partial charge >= 0.3 is 0 Å². The van der Waals surface area contributed by atoms with Crippen LogP contribution in [0.3, 0.4) is 0 Å². The molecule has 2 N–H and O–H groups in total. The highest BCUT2D eigenvalue weighted by atomic mass is 35.5. The second-order valence-corrected chi connectivity index (χ2v) is 15.8. The number of nitrogens with zero attached hydrogens (tertiary/aromatic N) is 2. The molecule has 222 valence electrons. The number of amides is 1. The monoisotopic (exact) mass is 601 g/mol. The predicted octanol–water partition coefficient (Wildman–Crippen LogP) is 5.58. The average Bonchev–Trinajstić information content (AvgIpc) is 3.64. The Morgan fingerprint density at radius 2 is 1.76 bits per heavy atom. The Kier molecular flexibility index (Phi) is 6.90. The number of aliphatic hydroxyl groups is 1. The smallest absolute Gasteiger partial charge is 0.281 e. The van der Waals surface area contributed by atoms with E-state index >= 15 is 0 Å². The van der Waals surface area contributed by atoms with Crippen LogP contribution in [0.15, 0.2) is 41.4 Å². The lowest BCUT2D eigenvalue weighted by atomic mass is 9.50. The first kappa shape index (κ1) is 28.7. The first-order valence-electron chi connectivity index (χ1n) is 14.7. The van der Waals surface area contributed by atoms with Crippen LogP contribution in [0.4, 0.5) is 5.82 Å². The molecule has 1 aromatic carbocycles. The van der Waals surface area contributed by atoms with E-state index in [1.54, 1.807) is 18.2 Å². The van der Waals surface area contributed by atoms with Crippen molar-refractivity contribution < 1.29 is 23.1 Å². The number of aromatic nitrogens is 1. The SMILES string of the molecule is CC(C)(C)C1(O)CCN(c2cccc(S(=O)(=O)NC(=O)C3(Oc4cc(Cl)ccc4C4CC5(CCC5)C4)CC3)n2)CC1. The van der Waals surface area contributed by atoms with Crippen molar-refractivity contribution in [3.8, 4) is 5.75 Å². The summed E-state index contributed by atoms with van der Waals surface area (Å²) in [5.41, 5.74) is -0.770. The van der Waals surface area contributed by atoms with E-state index in [2.05, 4.69) is 9.71 Å². The van der Waals surface area contributed by atoms with Gasteiger partial charge in [-0.15, -0.1) is 0 Å². The number of carbonyl (C=O) groups is 1. The fourth-order valence-electron chi connectivity index (χ4n) is 6.78. The van der Waals surface area contributed by atoms with Gasteiger partial charge in [0.25, 0.3) is 15.9 Å². The van der Waals surface area contributed by atoms with E-state index in [9.17, 15) is 18.3 Å². The highest BCUT2D eigenvalue weighted by Crippen LogP contribution is 2.63. The Labute approximate surface area is 247 Å². The number of hydrogen-bond donors (Lipinski definition) is 2. The van der Waals surface area contributed by atoms with Crippen molar-refractivity contribution in [3.05, 3.63) is 47.0 Å². The van der Waals surface area contributed by atoms with Crippen LogP contribution in [0.5, 0.6) is 5.75 Å². The van der Waals surface area contributed by atoms with E-state index in [1.807, 2.05) is 37.8 Å². The zero-order chi connectivity index (χ0) is 29.3. The molecule has 0 bridgehead atoms. The minimum absolute atomic E-state index is 0.223. The summed E-state index contributed by atoms with van der Waals surface area (Å²) in [5.74, 6) is 0.753. The Bertz CT molecular complexity index is 1450. The van der Waals surface area contributed by atoms with E-state index in [4.69, 9.17) is 16.3 Å². The predicted molar refractivity (Wildman–Crippen MR) is 158 cm³/mol. The molecule has 1 amide bonds. The topological polar surface area (TPSA) is 109 Å². The van der Waals surface area contributed by atoms with Gasteiger partial charge in [-0.25, -0.2) is 9.71 Å². The molecule has 41 heavy (non-hydrogen) atoms. The van der Waals surface area contributed by atoms with Crippen LogP contribution >= 0.6 is 11.6 Å². The number of hydrogen-bond acceptors (Lipinski definition) is 7. The molecule has 2 aromatic rings. The molecule has 6 rings (SSSR count). The van der Waals surface area contributed by atoms with Gasteiger partial charge in [0.1, 0.15) is 11.6 Å². The van der Waals surface area contributed by atoms with Crippen LogP contribution in [0.1, 0.15) is 90.0 Å². The van der Waals surface area contributed by atoms with Gasteiger partial charge in [-0.3, -0.25) is 4.79 Å². The zero-order valence-electron chi connectivity index (χ0n) is 24.1. The lowest BCUT2D eigenvalue weighted by molar-refractivity contribution is -0.128. The van der Waals surface area contributed by atoms with Crippen LogP contribution in [-0.4, -0.2) is 48.7 Å². The molecule has 8 nitrogen and oxygen atoms in total. The number of carbonyl (C=O) groups excluding carboxylic acids is 1. The Morgan fingerprint density at radius 3 is 2.34 bits per heavy atom. The molecule has 2 heterocycles. The van der Waals surface area contributed by atoms with Crippen molar-refractivity contribution in [1.82, 2.24) is 9.71 Å². The van der Waals surface area contributed by atoms with Crippen molar-refractivity contribution in [2.45, 2.75) is 101 Å². The number of sulfonamides is 1. The number of ether oxygens (including phenoxy) is 1. The second-order valence-electron chi connectivity index (χ2n) is 13.8. The van der Waals surface area contributed by atoms with Crippen molar-refractivity contribution >= 4 is 33.3 Å². The maximum atomic E-state index is 13.4. The highest BCUT2D eigenvalue weighted by Gasteiger charge is 2.55. The van der Waals surface area contributed by atoms with Crippen molar-refractivity contribution in [2.24, 2.45) is 10.8 Å². The number of rotatable bonds is 7. The van der Waals surface area contributed by atoms with Crippen molar-refractivity contribution in [3.63, 3.8) is 0 Å². The number of anilines is 1. The standard InChI is InChI=1S/C31H40ClN3O5S/c1-28(2,3)31(37)14-16-35(17-15-31)25-6-4-7-26(33-25)41(38,39)34-27(36)30(12-13-30)40-24-18-22(32)8-9-23(24)21-19-29(20-21)10-5-11-29/h4,6-9,18,21,37H,5,10-17,19-20H2,1-3H3,(H,34,36). The fourth-order valence-corrected chi connectivity index (χ4v) is 7.94. The Hall–Kier alpha value is -2.36. The second kappa shape index (κ2) is 9.85. The highest BCUT2D eigenvalue weighted by molar-refractivity contribution is 7.90. The summed E-state index contributed by atoms with van der Waals surface area (Å²) < 4.78 is 35.1. The number of benzene rings is 1. The first-order chi connectivity index (χ1) is 19.2. The van der Waals surface area contributed by atoms with Crippen LogP contribution in [0.25, 0.3) is 0 Å². The third kappa shape index (κ3) is 5.34. The van der Waals surface area contributed by atoms with Crippen molar-refractivity contribution in [1.29, 1.82) is 0 Å². The molecule has 1 aliphatic heterocycles. The molecule has 4 fully saturated rings. The first-order valence-corrected chi connectivity index (χ1v) is 16.6. The molecule has 3 saturated carbocycles. The zero-order valence-corrected chi connectivity index (χ0v) is 25.7. The van der Waals surface area contributed by atoms with Gasteiger partial charge in [0.2, 0.25) is 0 Å². The van der Waals surface area contributed by atoms with Crippen LogP contribution in [-0.2, 0) is 14.8 Å². The van der Waals surface area contributed by atoms with Gasteiger partial charge in [0.05, 0.1) is 5.60 Å². The third-order valence-corrected chi connectivity index (χ3v) is 11.6. The maximum absolute atomic E-state index is 13.4. The van der Waals surface area contributed by atoms with E-state index in [-0.39, 0.29) is 10.4 Å². The van der Waals surface area contributed by atoms with Crippen LogP contribution in [0.2, 0.25) is 5.02 Å². The lowest BCUT2D eigenvalue weighted by Crippen LogP contribution is -2.52. The van der Waals surface area contributed by atoms with Gasteiger partial charge in [0.15, 0.2) is 10.6 Å². The van der Waals surface area contributed by atoms with Crippen molar-refractivity contribution in [2.75, 3.05) is 18.0 Å². The summed E-state index contributed by atoms with van der Waals surface area (Å²) in [4.78, 5) is 19.7. The molecule has 0 atom stereocenters. The number of nitrogens with one attached hydrogen (secondary N) is 1. The molecule has 4 aliphatic rings. The summed E-state index contributed by atoms with van der Waals surface area (Å²) >= 11 is 6.31. The normalized spacial score (nSPS) is 22.9. The third-order valence-electron chi connectivity index (χ3n) is 10.1. The van der Waals surface area contributed by atoms with Gasteiger partial charge < -0.3 is 14.7 Å². The van der Waals surface area contributed by atoms with E-state index in [0.29, 0.717) is 66.7 Å². The van der Waals surface area contributed by atoms with Gasteiger partial charge in [-0.05, 0) is 85.1 Å². The molecule has 0 radical (unpaired) electrons. The van der Waals surface area contributed by atoms with Gasteiger partial charge in [-0.2, -0.15) is 8.42 Å². The summed E-state index contributed by atoms with van der Waals surface area (Å²) in [6.07, 6.45) is 8.05. The lowest BCUT2D eigenvalue weighted by Gasteiger charge is -2.54. The summed E-state index contributed by atoms with van der Waals surface area (Å²) in [5, 5.41) is 11.3. The summed E-state index contributed by atoms with van der Waals surface area (Å²) in [6.45, 7) is 7.18. The minimum Gasteiger partial charge on any atom is -0.477 e. The molecule has 10 heteroatoms. The van der Waals surface area contributed by atoms with Crippen LogP contribution < -0.4 is 14.4 Å². The molecule has 1 saturated heterocycles. The number of piperidine rings is 1. The van der Waals surface area contributed by atoms with Gasteiger partial charge in [0, 0.05) is 31.0 Å². The minimum atomic E-state index is -4.23. The maximum Gasteiger partial charge on any atom is 0.281 e. The molecule has 0 unspecified atom stereocenters. The molecule has 1 spiro atoms. The largest absolute Gasteiger partial charge is 0.477 e. The van der Waals surface area contributed by atoms with E-state index in [1.165, 1.54) is 25.3 Å². The van der Waals surface area contributed by atoms with E-state index < -0.39 is 27.1 Å². The van der Waals surface area contributed by atoms with Crippen LogP contribution in [0, 0.1) is 10.8 Å². The fraction of sp³-hybridized carbons (Fsp3) is 0.613. The average molecular weight is 602 g/mol. The molecule has 1 aromatic heterocycles. The number of pyridine rings is 1. The van der Waals surface area contributed by atoms with E-state index in [0.717, 1.165) is 18.4 Å². The van der Waals surface area contributed by atoms with Gasteiger partial charge in [-0.1, -0.05) is 50.9 Å². The quantitative estimate of drug-likeness (QED) is 0.427. The molecule has 3 aliphatic carbocycles. The summed E-state index contributed by atoms with van der Waals surface area (Å²) in [6, 6.07) is 10.3. The Balaban J connectivity index is 1.14.